The van der Waals surface area contributed by atoms with Crippen molar-refractivity contribution in [2.75, 3.05) is 19.0 Å². The van der Waals surface area contributed by atoms with E-state index in [1.165, 1.54) is 35.2 Å². The Balaban J connectivity index is 1.78. The first-order valence-corrected chi connectivity index (χ1v) is 8.47. The summed E-state index contributed by atoms with van der Waals surface area (Å²) in [7, 11) is 1.60. The third kappa shape index (κ3) is 5.70. The second-order valence-electron chi connectivity index (χ2n) is 4.43. The van der Waals surface area contributed by atoms with Crippen LogP contribution in [0.3, 0.4) is 0 Å². The number of thioether (sulfide) groups is 1. The van der Waals surface area contributed by atoms with Gasteiger partial charge in [0.15, 0.2) is 4.34 Å². The van der Waals surface area contributed by atoms with E-state index in [-0.39, 0.29) is 11.7 Å². The van der Waals surface area contributed by atoms with Crippen molar-refractivity contribution in [1.82, 2.24) is 10.2 Å². The van der Waals surface area contributed by atoms with Gasteiger partial charge >= 0.3 is 0 Å². The van der Waals surface area contributed by atoms with Crippen LogP contribution in [0.15, 0.2) is 28.6 Å². The molecule has 0 aliphatic rings. The summed E-state index contributed by atoms with van der Waals surface area (Å²) in [5.74, 6) is 0.336. The predicted molar refractivity (Wildman–Crippen MR) is 85.6 cm³/mol. The molecule has 2 rings (SSSR count). The highest BCUT2D eigenvalue weighted by molar-refractivity contribution is 8.00. The van der Waals surface area contributed by atoms with Gasteiger partial charge in [-0.05, 0) is 24.1 Å². The molecule has 0 unspecified atom stereocenters. The molecule has 2 aromatic rings. The van der Waals surface area contributed by atoms with Gasteiger partial charge in [0.2, 0.25) is 11.0 Å². The zero-order valence-corrected chi connectivity index (χ0v) is 13.7. The fourth-order valence-corrected chi connectivity index (χ4v) is 3.33. The van der Waals surface area contributed by atoms with Crippen LogP contribution < -0.4 is 5.32 Å². The first-order chi connectivity index (χ1) is 10.7. The van der Waals surface area contributed by atoms with Crippen molar-refractivity contribution in [3.63, 3.8) is 0 Å². The van der Waals surface area contributed by atoms with E-state index < -0.39 is 0 Å². The van der Waals surface area contributed by atoms with Crippen LogP contribution in [0.2, 0.25) is 0 Å². The lowest BCUT2D eigenvalue weighted by atomic mass is 10.2. The Morgan fingerprint density at radius 1 is 1.36 bits per heavy atom. The Kier molecular flexibility index (Phi) is 6.75. The van der Waals surface area contributed by atoms with Gasteiger partial charge in [-0.3, -0.25) is 4.79 Å². The molecule has 0 saturated heterocycles. The Bertz CT molecular complexity index is 604. The average Bonchev–Trinajstić information content (AvgIpc) is 2.94. The summed E-state index contributed by atoms with van der Waals surface area (Å²) >= 11 is 2.83. The first kappa shape index (κ1) is 16.9. The average molecular weight is 341 g/mol. The number of halogens is 1. The van der Waals surface area contributed by atoms with Crippen LogP contribution in [0.4, 0.5) is 9.52 Å². The summed E-state index contributed by atoms with van der Waals surface area (Å²) in [4.78, 5) is 11.6. The van der Waals surface area contributed by atoms with E-state index >= 15 is 0 Å². The lowest BCUT2D eigenvalue weighted by molar-refractivity contribution is -0.116. The number of carbonyl (C=O) groups excluding carboxylic acids is 1. The van der Waals surface area contributed by atoms with Crippen LogP contribution in [-0.4, -0.2) is 29.8 Å². The maximum Gasteiger partial charge on any atom is 0.226 e. The second-order valence-corrected chi connectivity index (χ2v) is 6.63. The third-order valence-corrected chi connectivity index (χ3v) is 4.72. The number of carbonyl (C=O) groups is 1. The lowest BCUT2D eigenvalue weighted by Gasteiger charge is -2.00. The van der Waals surface area contributed by atoms with Gasteiger partial charge in [0.1, 0.15) is 5.82 Å². The molecule has 0 bridgehead atoms. The number of anilines is 1. The molecule has 1 N–H and O–H groups in total. The SMILES string of the molecule is COCCCC(=O)Nc1nnc(SCc2ccc(F)cc2)s1. The molecule has 8 heteroatoms. The Hall–Kier alpha value is -1.51. The molecule has 5 nitrogen and oxygen atoms in total. The van der Waals surface area contributed by atoms with Crippen molar-refractivity contribution in [2.24, 2.45) is 0 Å². The number of nitrogens with one attached hydrogen (secondary N) is 1. The topological polar surface area (TPSA) is 64.1 Å². The highest BCUT2D eigenvalue weighted by Gasteiger charge is 2.08. The molecular weight excluding hydrogens is 325 g/mol. The number of benzene rings is 1. The number of amides is 1. The summed E-state index contributed by atoms with van der Waals surface area (Å²) in [6.45, 7) is 0.558. The number of hydrogen-bond acceptors (Lipinski definition) is 6. The standard InChI is InChI=1S/C14H16FN3O2S2/c1-20-8-2-3-12(19)16-13-17-18-14(22-13)21-9-10-4-6-11(15)7-5-10/h4-7H,2-3,8-9H2,1H3,(H,16,17,19). The molecule has 0 atom stereocenters. The van der Waals surface area contributed by atoms with Crippen LogP contribution in [-0.2, 0) is 15.3 Å². The maximum absolute atomic E-state index is 12.8. The number of nitrogens with zero attached hydrogens (tertiary/aromatic N) is 2. The molecule has 0 saturated carbocycles. The van der Waals surface area contributed by atoms with Crippen molar-refractivity contribution in [3.8, 4) is 0 Å². The normalized spacial score (nSPS) is 10.6. The van der Waals surface area contributed by atoms with Crippen molar-refractivity contribution in [2.45, 2.75) is 22.9 Å². The number of hydrogen-bond donors (Lipinski definition) is 1. The number of methoxy groups -OCH3 is 1. The van der Waals surface area contributed by atoms with Gasteiger partial charge in [0.05, 0.1) is 0 Å². The van der Waals surface area contributed by atoms with E-state index in [2.05, 4.69) is 15.5 Å². The smallest absolute Gasteiger partial charge is 0.226 e. The van der Waals surface area contributed by atoms with Gasteiger partial charge in [-0.25, -0.2) is 4.39 Å². The van der Waals surface area contributed by atoms with Crippen LogP contribution >= 0.6 is 23.1 Å². The Morgan fingerprint density at radius 3 is 2.86 bits per heavy atom. The van der Waals surface area contributed by atoms with Crippen molar-refractivity contribution in [1.29, 1.82) is 0 Å². The highest BCUT2D eigenvalue weighted by atomic mass is 32.2. The molecule has 1 amide bonds. The fraction of sp³-hybridized carbons (Fsp3) is 0.357. The van der Waals surface area contributed by atoms with Crippen molar-refractivity contribution >= 4 is 34.1 Å². The predicted octanol–water partition coefficient (Wildman–Crippen LogP) is 3.33. The van der Waals surface area contributed by atoms with E-state index in [1.807, 2.05) is 0 Å². The van der Waals surface area contributed by atoms with Gasteiger partial charge in [0, 0.05) is 25.9 Å². The molecule has 0 spiro atoms. The largest absolute Gasteiger partial charge is 0.385 e. The monoisotopic (exact) mass is 341 g/mol. The molecule has 1 aromatic carbocycles. The van der Waals surface area contributed by atoms with Gasteiger partial charge in [-0.1, -0.05) is 35.2 Å². The first-order valence-electron chi connectivity index (χ1n) is 6.67. The summed E-state index contributed by atoms with van der Waals surface area (Å²) in [6.07, 6.45) is 1.07. The van der Waals surface area contributed by atoms with Gasteiger partial charge in [-0.15, -0.1) is 10.2 Å². The number of aromatic nitrogens is 2. The van der Waals surface area contributed by atoms with Crippen LogP contribution in [0.1, 0.15) is 18.4 Å². The zero-order valence-electron chi connectivity index (χ0n) is 12.0. The third-order valence-electron chi connectivity index (χ3n) is 2.68. The molecule has 0 aliphatic heterocycles. The van der Waals surface area contributed by atoms with Crippen LogP contribution in [0.5, 0.6) is 0 Å². The van der Waals surface area contributed by atoms with Crippen LogP contribution in [0, 0.1) is 5.82 Å². The Labute approximate surface area is 136 Å². The quantitative estimate of drug-likeness (QED) is 0.453. The number of rotatable bonds is 8. The summed E-state index contributed by atoms with van der Waals surface area (Å²) in [5.41, 5.74) is 1.01. The fourth-order valence-electron chi connectivity index (χ4n) is 1.60. The molecule has 0 aliphatic carbocycles. The summed E-state index contributed by atoms with van der Waals surface area (Å²) < 4.78 is 18.5. The molecule has 1 heterocycles. The minimum atomic E-state index is -0.247. The second kappa shape index (κ2) is 8.82. The van der Waals surface area contributed by atoms with E-state index in [0.29, 0.717) is 30.3 Å². The van der Waals surface area contributed by atoms with Crippen molar-refractivity contribution < 1.29 is 13.9 Å². The lowest BCUT2D eigenvalue weighted by Crippen LogP contribution is -2.11. The van der Waals surface area contributed by atoms with Crippen LogP contribution in [0.25, 0.3) is 0 Å². The molecule has 0 fully saturated rings. The molecular formula is C14H16FN3O2S2. The van der Waals surface area contributed by atoms with E-state index in [9.17, 15) is 9.18 Å². The summed E-state index contributed by atoms with van der Waals surface area (Å²) in [6, 6.07) is 6.34. The highest BCUT2D eigenvalue weighted by Crippen LogP contribution is 2.28. The maximum atomic E-state index is 12.8. The van der Waals surface area contributed by atoms with Gasteiger partial charge < -0.3 is 10.1 Å². The van der Waals surface area contributed by atoms with Crippen molar-refractivity contribution in [3.05, 3.63) is 35.6 Å². The zero-order chi connectivity index (χ0) is 15.8. The van der Waals surface area contributed by atoms with E-state index in [0.717, 1.165) is 9.90 Å². The van der Waals surface area contributed by atoms with E-state index in [1.54, 1.807) is 19.2 Å². The summed E-state index contributed by atoms with van der Waals surface area (Å²) in [5, 5.41) is 11.2. The Morgan fingerprint density at radius 2 is 2.14 bits per heavy atom. The van der Waals surface area contributed by atoms with Gasteiger partial charge in [-0.2, -0.15) is 0 Å². The molecule has 1 aromatic heterocycles. The molecule has 22 heavy (non-hydrogen) atoms. The molecule has 118 valence electrons. The minimum absolute atomic E-state index is 0.0942. The number of ether oxygens (including phenoxy) is 1. The minimum Gasteiger partial charge on any atom is -0.385 e. The molecule has 0 radical (unpaired) electrons. The van der Waals surface area contributed by atoms with Gasteiger partial charge in [0.25, 0.3) is 0 Å². The van der Waals surface area contributed by atoms with E-state index in [4.69, 9.17) is 4.74 Å².